The molecule has 1 amide bonds. The fraction of sp³-hybridized carbons (Fsp3) is 0.786. The van der Waals surface area contributed by atoms with E-state index in [0.717, 1.165) is 32.4 Å². The first-order valence-electron chi connectivity index (χ1n) is 6.86. The van der Waals surface area contributed by atoms with Crippen molar-refractivity contribution in [2.24, 2.45) is 0 Å². The number of allylic oxidation sites excluding steroid dienone is 1. The summed E-state index contributed by atoms with van der Waals surface area (Å²) in [6, 6.07) is 0.0248. The average molecular weight is 238 g/mol. The fourth-order valence-electron chi connectivity index (χ4n) is 2.36. The van der Waals surface area contributed by atoms with E-state index in [-0.39, 0.29) is 6.04 Å². The molecule has 0 spiro atoms. The summed E-state index contributed by atoms with van der Waals surface area (Å²) in [7, 11) is 1.89. The number of nitrogens with one attached hydrogen (secondary N) is 1. The van der Waals surface area contributed by atoms with Crippen molar-refractivity contribution in [1.82, 2.24) is 10.2 Å². The molecule has 3 nitrogen and oxygen atoms in total. The van der Waals surface area contributed by atoms with Gasteiger partial charge in [0.2, 0.25) is 5.91 Å². The van der Waals surface area contributed by atoms with Crippen LogP contribution in [0.25, 0.3) is 0 Å². The first-order chi connectivity index (χ1) is 8.29. The smallest absolute Gasteiger partial charge is 0.239 e. The molecule has 0 radical (unpaired) electrons. The van der Waals surface area contributed by atoms with Gasteiger partial charge in [0, 0.05) is 13.1 Å². The number of nitrogens with zero attached hydrogens (tertiary/aromatic N) is 1. The third-order valence-corrected chi connectivity index (χ3v) is 3.47. The SMILES string of the molecule is C=CCCCCCC(NC)C(=O)N1CCCC1. The van der Waals surface area contributed by atoms with E-state index < -0.39 is 0 Å². The van der Waals surface area contributed by atoms with E-state index in [0.29, 0.717) is 5.91 Å². The quantitative estimate of drug-likeness (QED) is 0.520. The third kappa shape index (κ3) is 4.90. The van der Waals surface area contributed by atoms with Gasteiger partial charge >= 0.3 is 0 Å². The highest BCUT2D eigenvalue weighted by atomic mass is 16.2. The second-order valence-corrected chi connectivity index (χ2v) is 4.80. The Morgan fingerprint density at radius 1 is 1.35 bits per heavy atom. The molecular weight excluding hydrogens is 212 g/mol. The first kappa shape index (κ1) is 14.2. The highest BCUT2D eigenvalue weighted by Crippen LogP contribution is 2.12. The summed E-state index contributed by atoms with van der Waals surface area (Å²) in [5.74, 6) is 0.300. The van der Waals surface area contributed by atoms with Crippen LogP contribution < -0.4 is 5.32 Å². The highest BCUT2D eigenvalue weighted by molar-refractivity contribution is 5.82. The van der Waals surface area contributed by atoms with Crippen molar-refractivity contribution < 1.29 is 4.79 Å². The predicted octanol–water partition coefficient (Wildman–Crippen LogP) is 2.33. The van der Waals surface area contributed by atoms with Crippen molar-refractivity contribution in [3.8, 4) is 0 Å². The highest BCUT2D eigenvalue weighted by Gasteiger charge is 2.24. The number of rotatable bonds is 8. The molecule has 1 heterocycles. The van der Waals surface area contributed by atoms with Crippen LogP contribution >= 0.6 is 0 Å². The van der Waals surface area contributed by atoms with Gasteiger partial charge in [-0.25, -0.2) is 0 Å². The van der Waals surface area contributed by atoms with Gasteiger partial charge in [0.05, 0.1) is 6.04 Å². The lowest BCUT2D eigenvalue weighted by Gasteiger charge is -2.22. The van der Waals surface area contributed by atoms with Crippen molar-refractivity contribution in [2.75, 3.05) is 20.1 Å². The van der Waals surface area contributed by atoms with Crippen LogP contribution in [-0.2, 0) is 4.79 Å². The lowest BCUT2D eigenvalue weighted by atomic mass is 10.1. The summed E-state index contributed by atoms with van der Waals surface area (Å²) in [6.07, 6.45) is 9.86. The van der Waals surface area contributed by atoms with Crippen molar-refractivity contribution in [2.45, 2.75) is 51.0 Å². The zero-order chi connectivity index (χ0) is 12.5. The van der Waals surface area contributed by atoms with Gasteiger partial charge in [-0.15, -0.1) is 6.58 Å². The molecule has 0 bridgehead atoms. The Kier molecular flexibility index (Phi) is 6.94. The minimum Gasteiger partial charge on any atom is -0.341 e. The van der Waals surface area contributed by atoms with E-state index in [1.807, 2.05) is 18.0 Å². The lowest BCUT2D eigenvalue weighted by Crippen LogP contribution is -2.44. The van der Waals surface area contributed by atoms with Crippen LogP contribution in [0.4, 0.5) is 0 Å². The number of likely N-dealkylation sites (tertiary alicyclic amines) is 1. The van der Waals surface area contributed by atoms with Gasteiger partial charge in [-0.05, 0) is 39.2 Å². The minimum absolute atomic E-state index is 0.0248. The molecule has 0 saturated carbocycles. The number of carbonyl (C=O) groups excluding carboxylic acids is 1. The molecule has 1 unspecified atom stereocenters. The van der Waals surface area contributed by atoms with E-state index >= 15 is 0 Å². The molecule has 1 saturated heterocycles. The van der Waals surface area contributed by atoms with Crippen LogP contribution in [-0.4, -0.2) is 37.0 Å². The van der Waals surface area contributed by atoms with E-state index in [1.54, 1.807) is 0 Å². The number of likely N-dealkylation sites (N-methyl/N-ethyl adjacent to an activating group) is 1. The summed E-state index contributed by atoms with van der Waals surface area (Å²) >= 11 is 0. The molecule has 1 rings (SSSR count). The molecule has 0 aliphatic carbocycles. The molecule has 0 aromatic rings. The molecule has 1 aliphatic rings. The number of hydrogen-bond acceptors (Lipinski definition) is 2. The number of unbranched alkanes of at least 4 members (excludes halogenated alkanes) is 3. The van der Waals surface area contributed by atoms with Gasteiger partial charge in [-0.1, -0.05) is 18.9 Å². The van der Waals surface area contributed by atoms with E-state index in [4.69, 9.17) is 0 Å². The Morgan fingerprint density at radius 3 is 2.65 bits per heavy atom. The molecule has 98 valence electrons. The van der Waals surface area contributed by atoms with Crippen LogP contribution in [0.15, 0.2) is 12.7 Å². The Balaban J connectivity index is 2.22. The number of hydrogen-bond donors (Lipinski definition) is 1. The van der Waals surface area contributed by atoms with Gasteiger partial charge in [-0.3, -0.25) is 4.79 Å². The number of amides is 1. The third-order valence-electron chi connectivity index (χ3n) is 3.47. The van der Waals surface area contributed by atoms with E-state index in [9.17, 15) is 4.79 Å². The van der Waals surface area contributed by atoms with Gasteiger partial charge < -0.3 is 10.2 Å². The topological polar surface area (TPSA) is 32.3 Å². The summed E-state index contributed by atoms with van der Waals surface area (Å²) in [5, 5.41) is 3.16. The predicted molar refractivity (Wildman–Crippen MR) is 71.9 cm³/mol. The molecule has 1 atom stereocenters. The maximum absolute atomic E-state index is 12.1. The van der Waals surface area contributed by atoms with Crippen LogP contribution in [0.1, 0.15) is 44.9 Å². The Morgan fingerprint density at radius 2 is 2.06 bits per heavy atom. The zero-order valence-corrected chi connectivity index (χ0v) is 11.1. The lowest BCUT2D eigenvalue weighted by molar-refractivity contribution is -0.132. The molecular formula is C14H26N2O. The van der Waals surface area contributed by atoms with Gasteiger partial charge in [0.1, 0.15) is 0 Å². The zero-order valence-electron chi connectivity index (χ0n) is 11.1. The minimum atomic E-state index is 0.0248. The Hall–Kier alpha value is -0.830. The normalized spacial score (nSPS) is 17.1. The van der Waals surface area contributed by atoms with Crippen LogP contribution in [0.3, 0.4) is 0 Å². The van der Waals surface area contributed by atoms with Crippen molar-refractivity contribution in [3.05, 3.63) is 12.7 Å². The first-order valence-corrected chi connectivity index (χ1v) is 6.86. The molecule has 0 aromatic heterocycles. The Labute approximate surface area is 105 Å². The second-order valence-electron chi connectivity index (χ2n) is 4.80. The van der Waals surface area contributed by atoms with Crippen molar-refractivity contribution in [1.29, 1.82) is 0 Å². The van der Waals surface area contributed by atoms with Crippen molar-refractivity contribution >= 4 is 5.91 Å². The second kappa shape index (κ2) is 8.29. The van der Waals surface area contributed by atoms with Gasteiger partial charge in [0.25, 0.3) is 0 Å². The summed E-state index contributed by atoms with van der Waals surface area (Å²) in [4.78, 5) is 14.1. The summed E-state index contributed by atoms with van der Waals surface area (Å²) < 4.78 is 0. The molecule has 1 N–H and O–H groups in total. The Bertz CT molecular complexity index is 234. The molecule has 3 heteroatoms. The van der Waals surface area contributed by atoms with Crippen molar-refractivity contribution in [3.63, 3.8) is 0 Å². The van der Waals surface area contributed by atoms with E-state index in [1.165, 1.54) is 25.7 Å². The largest absolute Gasteiger partial charge is 0.341 e. The maximum atomic E-state index is 12.1. The molecule has 1 aliphatic heterocycles. The van der Waals surface area contributed by atoms with Crippen LogP contribution in [0.5, 0.6) is 0 Å². The summed E-state index contributed by atoms with van der Waals surface area (Å²) in [6.45, 7) is 5.62. The van der Waals surface area contributed by atoms with Crippen LogP contribution in [0, 0.1) is 0 Å². The average Bonchev–Trinajstić information content (AvgIpc) is 2.87. The number of carbonyl (C=O) groups is 1. The molecule has 0 aromatic carbocycles. The summed E-state index contributed by atoms with van der Waals surface area (Å²) in [5.41, 5.74) is 0. The van der Waals surface area contributed by atoms with Crippen LogP contribution in [0.2, 0.25) is 0 Å². The molecule has 17 heavy (non-hydrogen) atoms. The van der Waals surface area contributed by atoms with E-state index in [2.05, 4.69) is 11.9 Å². The standard InChI is InChI=1S/C14H26N2O/c1-3-4-5-6-7-10-13(15-2)14(17)16-11-8-9-12-16/h3,13,15H,1,4-12H2,2H3. The van der Waals surface area contributed by atoms with Gasteiger partial charge in [-0.2, -0.15) is 0 Å². The van der Waals surface area contributed by atoms with Gasteiger partial charge in [0.15, 0.2) is 0 Å². The monoisotopic (exact) mass is 238 g/mol. The fourth-order valence-corrected chi connectivity index (χ4v) is 2.36. The maximum Gasteiger partial charge on any atom is 0.239 e. The molecule has 1 fully saturated rings.